The summed E-state index contributed by atoms with van der Waals surface area (Å²) in [5.41, 5.74) is 6.74. The third-order valence-corrected chi connectivity index (χ3v) is 5.74. The van der Waals surface area contributed by atoms with Gasteiger partial charge in [-0.1, -0.05) is 6.07 Å². The van der Waals surface area contributed by atoms with E-state index < -0.39 is 9.84 Å². The molecule has 2 N–H and O–H groups in total. The van der Waals surface area contributed by atoms with E-state index in [1.807, 2.05) is 17.5 Å². The van der Waals surface area contributed by atoms with E-state index in [0.29, 0.717) is 12.2 Å². The minimum absolute atomic E-state index is 0.122. The molecule has 2 aromatic rings. The minimum Gasteiger partial charge on any atom is -0.384 e. The van der Waals surface area contributed by atoms with E-state index in [0.717, 1.165) is 10.6 Å². The van der Waals surface area contributed by atoms with E-state index in [-0.39, 0.29) is 17.5 Å². The molecular weight excluding hydrogens is 270 g/mol. The van der Waals surface area contributed by atoms with Gasteiger partial charge in [-0.15, -0.1) is 11.3 Å². The first kappa shape index (κ1) is 11.7. The molecule has 0 radical (unpaired) electrons. The van der Waals surface area contributed by atoms with Crippen molar-refractivity contribution >= 4 is 27.0 Å². The van der Waals surface area contributed by atoms with Crippen LogP contribution < -0.4 is 5.73 Å². The second-order valence-corrected chi connectivity index (χ2v) is 7.61. The smallest absolute Gasteiger partial charge is 0.152 e. The van der Waals surface area contributed by atoms with Crippen molar-refractivity contribution < 1.29 is 8.42 Å². The predicted octanol–water partition coefficient (Wildman–Crippen LogP) is 1.55. The second kappa shape index (κ2) is 4.10. The Kier molecular flexibility index (Phi) is 2.67. The zero-order valence-corrected chi connectivity index (χ0v) is 11.2. The molecule has 96 valence electrons. The lowest BCUT2D eigenvalue weighted by molar-refractivity contribution is 0.508. The molecule has 1 unspecified atom stereocenters. The Morgan fingerprint density at radius 3 is 2.94 bits per heavy atom. The highest BCUT2D eigenvalue weighted by atomic mass is 32.2. The lowest BCUT2D eigenvalue weighted by Gasteiger charge is -2.09. The molecule has 1 saturated heterocycles. The summed E-state index contributed by atoms with van der Waals surface area (Å²) in [6, 6.07) is 5.61. The molecule has 0 aliphatic carbocycles. The molecular formula is C11H13N3O2S2. The Labute approximate surface area is 109 Å². The van der Waals surface area contributed by atoms with Gasteiger partial charge in [0.1, 0.15) is 11.5 Å². The standard InChI is InChI=1S/C11H13N3O2S2/c12-11-6-9(10-2-1-4-17-10)13-14(11)8-3-5-18(15,16)7-8/h1-2,4,6,8H,3,5,7,12H2. The van der Waals surface area contributed by atoms with Crippen LogP contribution in [0.5, 0.6) is 0 Å². The van der Waals surface area contributed by atoms with Gasteiger partial charge in [-0.2, -0.15) is 5.10 Å². The number of anilines is 1. The maximum absolute atomic E-state index is 11.5. The molecule has 0 bridgehead atoms. The summed E-state index contributed by atoms with van der Waals surface area (Å²) >= 11 is 1.59. The normalized spacial score (nSPS) is 22.3. The molecule has 1 aliphatic heterocycles. The summed E-state index contributed by atoms with van der Waals surface area (Å²) in [6.07, 6.45) is 0.595. The Morgan fingerprint density at radius 2 is 2.33 bits per heavy atom. The zero-order chi connectivity index (χ0) is 12.8. The van der Waals surface area contributed by atoms with Gasteiger partial charge in [0.25, 0.3) is 0 Å². The first-order chi connectivity index (χ1) is 8.55. The Bertz CT molecular complexity index is 659. The third-order valence-electron chi connectivity index (χ3n) is 3.09. The van der Waals surface area contributed by atoms with Gasteiger partial charge in [-0.05, 0) is 17.9 Å². The molecule has 0 spiro atoms. The summed E-state index contributed by atoms with van der Waals surface area (Å²) < 4.78 is 24.6. The van der Waals surface area contributed by atoms with Crippen LogP contribution >= 0.6 is 11.3 Å². The number of aromatic nitrogens is 2. The number of sulfone groups is 1. The quantitative estimate of drug-likeness (QED) is 0.907. The Balaban J connectivity index is 1.95. The van der Waals surface area contributed by atoms with Gasteiger partial charge in [0.05, 0.1) is 22.4 Å². The van der Waals surface area contributed by atoms with Crippen LogP contribution in [0.3, 0.4) is 0 Å². The Morgan fingerprint density at radius 1 is 1.50 bits per heavy atom. The van der Waals surface area contributed by atoms with Crippen LogP contribution in [0.15, 0.2) is 23.6 Å². The highest BCUT2D eigenvalue weighted by Gasteiger charge is 2.31. The van der Waals surface area contributed by atoms with E-state index in [9.17, 15) is 8.42 Å². The van der Waals surface area contributed by atoms with Crippen LogP contribution in [0.1, 0.15) is 12.5 Å². The average molecular weight is 283 g/mol. The van der Waals surface area contributed by atoms with Crippen molar-refractivity contribution in [2.75, 3.05) is 17.2 Å². The first-order valence-electron chi connectivity index (χ1n) is 5.64. The molecule has 1 fully saturated rings. The van der Waals surface area contributed by atoms with Gasteiger partial charge in [0.15, 0.2) is 9.84 Å². The van der Waals surface area contributed by atoms with Gasteiger partial charge in [-0.3, -0.25) is 0 Å². The fraction of sp³-hybridized carbons (Fsp3) is 0.364. The summed E-state index contributed by atoms with van der Waals surface area (Å²) in [5, 5.41) is 6.41. The van der Waals surface area contributed by atoms with Gasteiger partial charge < -0.3 is 5.73 Å². The maximum Gasteiger partial charge on any atom is 0.152 e. The lowest BCUT2D eigenvalue weighted by Crippen LogP contribution is -2.14. The number of hydrogen-bond acceptors (Lipinski definition) is 5. The van der Waals surface area contributed by atoms with E-state index in [1.54, 1.807) is 22.1 Å². The molecule has 1 aliphatic rings. The highest BCUT2D eigenvalue weighted by molar-refractivity contribution is 7.91. The number of nitrogens with two attached hydrogens (primary N) is 1. The van der Waals surface area contributed by atoms with Crippen LogP contribution in [-0.4, -0.2) is 29.7 Å². The summed E-state index contributed by atoms with van der Waals surface area (Å²) in [6.45, 7) is 0. The lowest BCUT2D eigenvalue weighted by atomic mass is 10.3. The minimum atomic E-state index is -2.92. The summed E-state index contributed by atoms with van der Waals surface area (Å²) in [7, 11) is -2.92. The van der Waals surface area contributed by atoms with E-state index in [4.69, 9.17) is 5.73 Å². The number of hydrogen-bond donors (Lipinski definition) is 1. The molecule has 3 rings (SSSR count). The van der Waals surface area contributed by atoms with Gasteiger partial charge in [-0.25, -0.2) is 13.1 Å². The average Bonchev–Trinajstić information content (AvgIpc) is 2.97. The van der Waals surface area contributed by atoms with Crippen molar-refractivity contribution in [3.05, 3.63) is 23.6 Å². The van der Waals surface area contributed by atoms with Crippen LogP contribution in [0.2, 0.25) is 0 Å². The third kappa shape index (κ3) is 2.04. The topological polar surface area (TPSA) is 78.0 Å². The molecule has 3 heterocycles. The van der Waals surface area contributed by atoms with Crippen LogP contribution in [0, 0.1) is 0 Å². The molecule has 0 saturated carbocycles. The highest BCUT2D eigenvalue weighted by Crippen LogP contribution is 2.30. The second-order valence-electron chi connectivity index (χ2n) is 4.43. The Hall–Kier alpha value is -1.34. The van der Waals surface area contributed by atoms with Crippen molar-refractivity contribution in [3.8, 4) is 10.6 Å². The number of nitrogens with zero attached hydrogens (tertiary/aromatic N) is 2. The van der Waals surface area contributed by atoms with Gasteiger partial charge >= 0.3 is 0 Å². The predicted molar refractivity (Wildman–Crippen MR) is 72.3 cm³/mol. The number of thiophene rings is 1. The molecule has 0 amide bonds. The molecule has 0 aromatic carbocycles. The molecule has 5 nitrogen and oxygen atoms in total. The van der Waals surface area contributed by atoms with Crippen molar-refractivity contribution in [3.63, 3.8) is 0 Å². The van der Waals surface area contributed by atoms with Gasteiger partial charge in [0.2, 0.25) is 0 Å². The fourth-order valence-corrected chi connectivity index (χ4v) is 4.59. The molecule has 1 atom stereocenters. The summed E-state index contributed by atoms with van der Waals surface area (Å²) in [5.74, 6) is 0.897. The van der Waals surface area contributed by atoms with E-state index in [1.165, 1.54) is 0 Å². The number of nitrogen functional groups attached to an aromatic ring is 1. The van der Waals surface area contributed by atoms with E-state index >= 15 is 0 Å². The van der Waals surface area contributed by atoms with Crippen LogP contribution in [0.4, 0.5) is 5.82 Å². The first-order valence-corrected chi connectivity index (χ1v) is 8.34. The fourth-order valence-electron chi connectivity index (χ4n) is 2.21. The summed E-state index contributed by atoms with van der Waals surface area (Å²) in [4.78, 5) is 1.04. The van der Waals surface area contributed by atoms with Crippen LogP contribution in [0.25, 0.3) is 10.6 Å². The SMILES string of the molecule is Nc1cc(-c2cccs2)nn1C1CCS(=O)(=O)C1. The number of rotatable bonds is 2. The van der Waals surface area contributed by atoms with Gasteiger partial charge in [0, 0.05) is 6.07 Å². The largest absolute Gasteiger partial charge is 0.384 e. The van der Waals surface area contributed by atoms with Crippen molar-refractivity contribution in [1.82, 2.24) is 9.78 Å². The molecule has 7 heteroatoms. The van der Waals surface area contributed by atoms with E-state index in [2.05, 4.69) is 5.10 Å². The monoisotopic (exact) mass is 283 g/mol. The molecule has 18 heavy (non-hydrogen) atoms. The van der Waals surface area contributed by atoms with Crippen molar-refractivity contribution in [2.24, 2.45) is 0 Å². The zero-order valence-electron chi connectivity index (χ0n) is 9.61. The van der Waals surface area contributed by atoms with Crippen molar-refractivity contribution in [2.45, 2.75) is 12.5 Å². The maximum atomic E-state index is 11.5. The van der Waals surface area contributed by atoms with Crippen LogP contribution in [-0.2, 0) is 9.84 Å². The van der Waals surface area contributed by atoms with Crippen molar-refractivity contribution in [1.29, 1.82) is 0 Å². The molecule has 2 aromatic heterocycles.